The van der Waals surface area contributed by atoms with Crippen molar-refractivity contribution in [3.05, 3.63) is 194 Å². The molecule has 250 valence electrons. The summed E-state index contributed by atoms with van der Waals surface area (Å²) in [6, 6.07) is 57.7. The third-order valence-corrected chi connectivity index (χ3v) is 13.2. The minimum Gasteiger partial charge on any atom is -0.484 e. The van der Waals surface area contributed by atoms with E-state index in [1.807, 2.05) is 194 Å². The monoisotopic (exact) mass is 694 g/mol. The van der Waals surface area contributed by atoms with Crippen LogP contribution in [0.25, 0.3) is 0 Å². The normalized spacial score (nSPS) is 20.3. The zero-order chi connectivity index (χ0) is 34.3. The summed E-state index contributed by atoms with van der Waals surface area (Å²) < 4.78 is 43.4. The van der Waals surface area contributed by atoms with Crippen molar-refractivity contribution in [2.75, 3.05) is 0 Å². The summed E-state index contributed by atoms with van der Waals surface area (Å²) in [5, 5.41) is -2.48. The van der Waals surface area contributed by atoms with E-state index in [2.05, 4.69) is 0 Å². The highest BCUT2D eigenvalue weighted by Crippen LogP contribution is 2.52. The maximum atomic E-state index is 7.36. The summed E-state index contributed by atoms with van der Waals surface area (Å²) in [7, 11) is 0.736. The van der Waals surface area contributed by atoms with Gasteiger partial charge in [-0.25, -0.2) is 0 Å². The van der Waals surface area contributed by atoms with E-state index in [9.17, 15) is 0 Å². The molecule has 1 aliphatic rings. The van der Waals surface area contributed by atoms with E-state index in [-0.39, 0.29) is 0 Å². The summed E-state index contributed by atoms with van der Waals surface area (Å²) in [6.45, 7) is 0. The minimum atomic E-state index is -1.90. The summed E-state index contributed by atoms with van der Waals surface area (Å²) in [4.78, 5) is 0. The van der Waals surface area contributed by atoms with Crippen molar-refractivity contribution in [1.29, 1.82) is 0 Å². The van der Waals surface area contributed by atoms with E-state index in [0.717, 1.165) is 0 Å². The van der Waals surface area contributed by atoms with Crippen molar-refractivity contribution in [2.45, 2.75) is 22.0 Å². The van der Waals surface area contributed by atoms with Crippen LogP contribution in [0.3, 0.4) is 0 Å². The van der Waals surface area contributed by atoms with E-state index in [1.165, 1.54) is 0 Å². The van der Waals surface area contributed by atoms with E-state index in [1.54, 1.807) is 0 Å². The molecule has 0 fully saturated rings. The Hall–Kier alpha value is -5.71. The highest BCUT2D eigenvalue weighted by molar-refractivity contribution is 6.28. The van der Waals surface area contributed by atoms with Gasteiger partial charge in [-0.3, -0.25) is 0 Å². The van der Waals surface area contributed by atoms with Crippen molar-refractivity contribution in [2.24, 2.45) is 0 Å². The van der Waals surface area contributed by atoms with Gasteiger partial charge in [0.15, 0.2) is 0 Å². The molecule has 0 saturated heterocycles. The zero-order valence-corrected chi connectivity index (χ0v) is 31.9. The third-order valence-electron chi connectivity index (χ3n) is 8.83. The molecule has 0 heterocycles. The molecule has 0 aromatic heterocycles. The molecular formula is C42H38O6Si2. The van der Waals surface area contributed by atoms with Crippen LogP contribution in [-0.2, 0) is 0 Å². The molecule has 0 N–H and O–H groups in total. The van der Waals surface area contributed by atoms with Crippen molar-refractivity contribution >= 4 is 20.5 Å². The van der Waals surface area contributed by atoms with E-state index < -0.39 is 22.0 Å². The van der Waals surface area contributed by atoms with Crippen LogP contribution < -0.4 is 28.4 Å². The molecule has 0 saturated carbocycles. The number of para-hydroxylation sites is 6. The Bertz CT molecular complexity index is 1900. The number of hydrogen-bond donors (Lipinski definition) is 0. The molecule has 2 atom stereocenters. The number of benzene rings is 6. The zero-order valence-electron chi connectivity index (χ0n) is 27.9. The molecule has 0 bridgehead atoms. The van der Waals surface area contributed by atoms with Gasteiger partial charge in [0, 0.05) is 6.08 Å². The predicted octanol–water partition coefficient (Wildman–Crippen LogP) is 6.55. The van der Waals surface area contributed by atoms with Gasteiger partial charge in [0.25, 0.3) is 0 Å². The fraction of sp³-hybridized carbons (Fsp3) is 0.0952. The van der Waals surface area contributed by atoms with Crippen molar-refractivity contribution in [3.8, 4) is 34.5 Å². The lowest BCUT2D eigenvalue weighted by atomic mass is 9.85. The van der Waals surface area contributed by atoms with Gasteiger partial charge in [0.2, 0.25) is 5.22 Å². The maximum absolute atomic E-state index is 7.36. The van der Waals surface area contributed by atoms with Gasteiger partial charge in [-0.2, -0.15) is 0 Å². The maximum Gasteiger partial charge on any atom is 0.374 e. The number of rotatable bonds is 12. The van der Waals surface area contributed by atoms with Crippen LogP contribution in [0, 0.1) is 0 Å². The minimum absolute atomic E-state index is 0.293. The Morgan fingerprint density at radius 1 is 0.300 bits per heavy atom. The second-order valence-corrected chi connectivity index (χ2v) is 15.1. The average molecular weight is 695 g/mol. The number of hydrogen-bond acceptors (Lipinski definition) is 6. The molecule has 0 spiro atoms. The fourth-order valence-electron chi connectivity index (χ4n) is 6.17. The lowest BCUT2D eigenvalue weighted by Crippen LogP contribution is -2.87. The summed E-state index contributed by atoms with van der Waals surface area (Å²) >= 11 is 0. The Labute approximate surface area is 298 Å². The average Bonchev–Trinajstić information content (AvgIpc) is 3.15. The molecule has 6 nitrogen and oxygen atoms in total. The van der Waals surface area contributed by atoms with Gasteiger partial charge < -0.3 is 28.4 Å². The largest absolute Gasteiger partial charge is 0.484 e. The van der Waals surface area contributed by atoms with E-state index in [4.69, 9.17) is 28.4 Å². The summed E-state index contributed by atoms with van der Waals surface area (Å²) in [5.74, 6) is -0.278. The van der Waals surface area contributed by atoms with Gasteiger partial charge in [-0.1, -0.05) is 109 Å². The highest BCUT2D eigenvalue weighted by atomic mass is 28.2. The third kappa shape index (κ3) is 6.38. The topological polar surface area (TPSA) is 55.4 Å². The molecule has 8 heteroatoms. The van der Waals surface area contributed by atoms with Gasteiger partial charge >= 0.3 is 11.6 Å². The highest BCUT2D eigenvalue weighted by Gasteiger charge is 2.80. The van der Waals surface area contributed by atoms with E-state index >= 15 is 0 Å². The standard InChI is InChI=1S/C42H38O6Si2/c49-40(45-35-23-11-3-12-24-35)32-31-39(43-33-19-7-1-8-20-33,44-34-21-9-2-10-22-34)41(46-36-25-13-4-14-26-36,47-37-27-15-5-16-28-37)42(40,50)48-38-29-17-6-18-30-38/h1-32H,49-50H3. The lowest BCUT2D eigenvalue weighted by Gasteiger charge is -2.60. The van der Waals surface area contributed by atoms with Crippen LogP contribution >= 0.6 is 0 Å². The first kappa shape index (κ1) is 32.8. The number of ether oxygens (including phenoxy) is 6. The lowest BCUT2D eigenvalue weighted by molar-refractivity contribution is -0.340. The second-order valence-electron chi connectivity index (χ2n) is 12.2. The molecule has 50 heavy (non-hydrogen) atoms. The predicted molar refractivity (Wildman–Crippen MR) is 202 cm³/mol. The first-order valence-electron chi connectivity index (χ1n) is 16.6. The smallest absolute Gasteiger partial charge is 0.374 e. The van der Waals surface area contributed by atoms with Crippen LogP contribution in [0.5, 0.6) is 34.5 Å². The first-order valence-corrected chi connectivity index (χ1v) is 18.6. The van der Waals surface area contributed by atoms with Gasteiger partial charge in [0.05, 0.1) is 20.5 Å². The van der Waals surface area contributed by atoms with Crippen molar-refractivity contribution in [1.82, 2.24) is 0 Å². The molecule has 1 aliphatic carbocycles. The van der Waals surface area contributed by atoms with E-state index in [0.29, 0.717) is 55.0 Å². The Kier molecular flexibility index (Phi) is 9.21. The van der Waals surface area contributed by atoms with Crippen molar-refractivity contribution in [3.63, 3.8) is 0 Å². The Morgan fingerprint density at radius 2 is 0.580 bits per heavy atom. The molecule has 0 aliphatic heterocycles. The van der Waals surface area contributed by atoms with Crippen LogP contribution in [0.15, 0.2) is 194 Å². The van der Waals surface area contributed by atoms with Crippen LogP contribution in [0.2, 0.25) is 0 Å². The second kappa shape index (κ2) is 14.0. The van der Waals surface area contributed by atoms with Crippen LogP contribution in [-0.4, -0.2) is 42.5 Å². The van der Waals surface area contributed by atoms with Gasteiger partial charge in [0.1, 0.15) is 39.7 Å². The summed E-state index contributed by atoms with van der Waals surface area (Å²) in [5.41, 5.74) is 0. The molecule has 6 aromatic carbocycles. The van der Waals surface area contributed by atoms with Crippen LogP contribution in [0.1, 0.15) is 0 Å². The molecular weight excluding hydrogens is 657 g/mol. The quantitative estimate of drug-likeness (QED) is 0.0824. The molecule has 0 radical (unpaired) electrons. The SMILES string of the molecule is [SiH3]C1(Oc2ccccc2)C=CC(Oc2ccccc2)(Oc2ccccc2)C(Oc2ccccc2)(Oc2ccccc2)C1([SiH3])Oc1ccccc1. The first-order chi connectivity index (χ1) is 24.4. The Balaban J connectivity index is 1.57. The van der Waals surface area contributed by atoms with Gasteiger partial charge in [-0.05, 0) is 78.9 Å². The summed E-state index contributed by atoms with van der Waals surface area (Å²) in [6.07, 6.45) is 3.88. The molecule has 6 aromatic rings. The van der Waals surface area contributed by atoms with Gasteiger partial charge in [-0.15, -0.1) is 0 Å². The molecule has 0 amide bonds. The molecule has 2 unspecified atom stereocenters. The Morgan fingerprint density at radius 3 is 0.920 bits per heavy atom. The van der Waals surface area contributed by atoms with Crippen molar-refractivity contribution < 1.29 is 28.4 Å². The van der Waals surface area contributed by atoms with Crippen LogP contribution in [0.4, 0.5) is 0 Å². The molecule has 7 rings (SSSR count). The fourth-order valence-corrected chi connectivity index (χ4v) is 8.06.